The summed E-state index contributed by atoms with van der Waals surface area (Å²) in [5, 5.41) is 0. The van der Waals surface area contributed by atoms with Crippen LogP contribution < -0.4 is 28.7 Å². The van der Waals surface area contributed by atoms with Crippen molar-refractivity contribution < 1.29 is 28.7 Å². The van der Waals surface area contributed by atoms with Crippen molar-refractivity contribution in [1.29, 1.82) is 0 Å². The maximum absolute atomic E-state index is 2.22. The van der Waals surface area contributed by atoms with Gasteiger partial charge in [0.2, 0.25) is 5.69 Å². The first kappa shape index (κ1) is 15.8. The van der Waals surface area contributed by atoms with E-state index in [1.165, 1.54) is 28.1 Å². The SMILES string of the molecule is Cc1c(-c2ccccc2)n(C)[n+](C)c1-c1ccccc1.[I-]. The van der Waals surface area contributed by atoms with Crippen LogP contribution in [0.5, 0.6) is 0 Å². The Hall–Kier alpha value is -1.62. The monoisotopic (exact) mass is 390 g/mol. The molecule has 108 valence electrons. The highest BCUT2D eigenvalue weighted by atomic mass is 127. The fourth-order valence-electron chi connectivity index (χ4n) is 2.90. The molecule has 0 aliphatic carbocycles. The van der Waals surface area contributed by atoms with Crippen LogP contribution in [0.1, 0.15) is 5.56 Å². The second kappa shape index (κ2) is 6.43. The van der Waals surface area contributed by atoms with Crippen LogP contribution in [0, 0.1) is 6.92 Å². The predicted octanol–water partition coefficient (Wildman–Crippen LogP) is 0.496. The van der Waals surface area contributed by atoms with E-state index >= 15 is 0 Å². The fraction of sp³-hybridized carbons (Fsp3) is 0.167. The van der Waals surface area contributed by atoms with Gasteiger partial charge in [-0.15, -0.1) is 4.68 Å². The smallest absolute Gasteiger partial charge is 0.241 e. The lowest BCUT2D eigenvalue weighted by Crippen LogP contribution is -3.00. The van der Waals surface area contributed by atoms with Gasteiger partial charge in [0.05, 0.1) is 12.6 Å². The van der Waals surface area contributed by atoms with Gasteiger partial charge in [-0.3, -0.25) is 0 Å². The lowest BCUT2D eigenvalue weighted by Gasteiger charge is -2.00. The molecule has 0 aliphatic rings. The molecule has 21 heavy (non-hydrogen) atoms. The van der Waals surface area contributed by atoms with Gasteiger partial charge in [0.1, 0.15) is 5.69 Å². The molecule has 3 rings (SSSR count). The lowest BCUT2D eigenvalue weighted by molar-refractivity contribution is -0.740. The number of hydrogen-bond donors (Lipinski definition) is 0. The van der Waals surface area contributed by atoms with Gasteiger partial charge in [0.15, 0.2) is 7.05 Å². The zero-order valence-corrected chi connectivity index (χ0v) is 14.7. The molecule has 3 heteroatoms. The Kier molecular flexibility index (Phi) is 4.83. The van der Waals surface area contributed by atoms with E-state index in [9.17, 15) is 0 Å². The molecule has 0 atom stereocenters. The zero-order chi connectivity index (χ0) is 14.1. The average Bonchev–Trinajstić information content (AvgIpc) is 2.71. The van der Waals surface area contributed by atoms with Gasteiger partial charge in [-0.05, 0) is 19.1 Å². The van der Waals surface area contributed by atoms with E-state index in [2.05, 4.69) is 91.0 Å². The van der Waals surface area contributed by atoms with Gasteiger partial charge in [-0.1, -0.05) is 48.5 Å². The largest absolute Gasteiger partial charge is 1.00 e. The molecule has 0 bridgehead atoms. The summed E-state index contributed by atoms with van der Waals surface area (Å²) < 4.78 is 4.43. The molecule has 1 aromatic heterocycles. The van der Waals surface area contributed by atoms with Gasteiger partial charge >= 0.3 is 0 Å². The second-order valence-electron chi connectivity index (χ2n) is 5.10. The Balaban J connectivity index is 0.00000161. The summed E-state index contributed by atoms with van der Waals surface area (Å²) in [7, 11) is 4.23. The molecule has 0 spiro atoms. The number of halogens is 1. The third-order valence-electron chi connectivity index (χ3n) is 3.90. The van der Waals surface area contributed by atoms with Crippen LogP contribution in [0.2, 0.25) is 0 Å². The summed E-state index contributed by atoms with van der Waals surface area (Å²) in [4.78, 5) is 0. The summed E-state index contributed by atoms with van der Waals surface area (Å²) >= 11 is 0. The molecule has 0 saturated carbocycles. The van der Waals surface area contributed by atoms with E-state index in [0.717, 1.165) is 0 Å². The molecule has 2 aromatic carbocycles. The van der Waals surface area contributed by atoms with Crippen LogP contribution in [-0.2, 0) is 14.1 Å². The van der Waals surface area contributed by atoms with Crippen molar-refractivity contribution >= 4 is 0 Å². The van der Waals surface area contributed by atoms with Gasteiger partial charge in [-0.25, -0.2) is 0 Å². The van der Waals surface area contributed by atoms with Crippen molar-refractivity contribution in [2.24, 2.45) is 14.1 Å². The molecule has 3 aromatic rings. The quantitative estimate of drug-likeness (QED) is 0.445. The first-order valence-electron chi connectivity index (χ1n) is 6.86. The number of hydrogen-bond acceptors (Lipinski definition) is 0. The topological polar surface area (TPSA) is 8.81 Å². The Bertz CT molecular complexity index is 668. The summed E-state index contributed by atoms with van der Waals surface area (Å²) in [5.74, 6) is 0. The van der Waals surface area contributed by atoms with E-state index < -0.39 is 0 Å². The zero-order valence-electron chi connectivity index (χ0n) is 12.5. The maximum atomic E-state index is 2.22. The minimum atomic E-state index is 0. The van der Waals surface area contributed by atoms with E-state index in [-0.39, 0.29) is 24.0 Å². The summed E-state index contributed by atoms with van der Waals surface area (Å²) in [6.07, 6.45) is 0. The van der Waals surface area contributed by atoms with E-state index in [1.807, 2.05) is 0 Å². The van der Waals surface area contributed by atoms with Gasteiger partial charge in [-0.2, -0.15) is 4.68 Å². The Labute approximate surface area is 143 Å². The maximum Gasteiger partial charge on any atom is 0.241 e. The first-order chi connectivity index (χ1) is 9.70. The van der Waals surface area contributed by atoms with Crippen LogP contribution in [0.4, 0.5) is 0 Å². The van der Waals surface area contributed by atoms with Crippen molar-refractivity contribution in [3.8, 4) is 22.5 Å². The highest BCUT2D eigenvalue weighted by Crippen LogP contribution is 2.29. The van der Waals surface area contributed by atoms with Gasteiger partial charge in [0, 0.05) is 11.1 Å². The van der Waals surface area contributed by atoms with Crippen LogP contribution >= 0.6 is 0 Å². The molecule has 0 N–H and O–H groups in total. The molecule has 0 aliphatic heterocycles. The van der Waals surface area contributed by atoms with E-state index in [1.54, 1.807) is 0 Å². The fourth-order valence-corrected chi connectivity index (χ4v) is 2.90. The van der Waals surface area contributed by atoms with Crippen LogP contribution in [0.25, 0.3) is 22.5 Å². The van der Waals surface area contributed by atoms with Gasteiger partial charge in [0.25, 0.3) is 0 Å². The molecular weight excluding hydrogens is 371 g/mol. The standard InChI is InChI=1S/C18H19N2.HI/c1-14-17(15-10-6-4-7-11-15)19(2)20(3)18(14)16-12-8-5-9-13-16;/h4-13H,1-3H3;1H/q+1;/p-1. The summed E-state index contributed by atoms with van der Waals surface area (Å²) in [6.45, 7) is 2.20. The van der Waals surface area contributed by atoms with Crippen LogP contribution in [0.3, 0.4) is 0 Å². The molecule has 0 radical (unpaired) electrons. The molecule has 2 nitrogen and oxygen atoms in total. The number of benzene rings is 2. The Morgan fingerprint density at radius 1 is 0.810 bits per heavy atom. The minimum Gasteiger partial charge on any atom is -1.00 e. The Morgan fingerprint density at radius 3 is 1.81 bits per heavy atom. The Morgan fingerprint density at radius 2 is 1.29 bits per heavy atom. The molecule has 0 saturated heterocycles. The number of nitrogens with zero attached hydrogens (tertiary/aromatic N) is 2. The summed E-state index contributed by atoms with van der Waals surface area (Å²) in [6, 6.07) is 21.1. The van der Waals surface area contributed by atoms with Crippen molar-refractivity contribution in [3.63, 3.8) is 0 Å². The second-order valence-corrected chi connectivity index (χ2v) is 5.10. The first-order valence-corrected chi connectivity index (χ1v) is 6.86. The van der Waals surface area contributed by atoms with Crippen molar-refractivity contribution in [2.75, 3.05) is 0 Å². The van der Waals surface area contributed by atoms with E-state index in [0.29, 0.717) is 0 Å². The molecule has 0 unspecified atom stereocenters. The normalized spacial score (nSPS) is 10.2. The average molecular weight is 390 g/mol. The van der Waals surface area contributed by atoms with Crippen molar-refractivity contribution in [1.82, 2.24) is 4.68 Å². The third-order valence-corrected chi connectivity index (χ3v) is 3.90. The van der Waals surface area contributed by atoms with Crippen LogP contribution in [-0.4, -0.2) is 4.68 Å². The summed E-state index contributed by atoms with van der Waals surface area (Å²) in [5.41, 5.74) is 6.36. The number of aromatic nitrogens is 2. The van der Waals surface area contributed by atoms with Gasteiger partial charge < -0.3 is 24.0 Å². The lowest BCUT2D eigenvalue weighted by atomic mass is 10.0. The molecule has 0 amide bonds. The molecule has 1 heterocycles. The van der Waals surface area contributed by atoms with Crippen LogP contribution in [0.15, 0.2) is 60.7 Å². The predicted molar refractivity (Wildman–Crippen MR) is 82.2 cm³/mol. The van der Waals surface area contributed by atoms with Crippen molar-refractivity contribution in [3.05, 3.63) is 66.2 Å². The highest BCUT2D eigenvalue weighted by molar-refractivity contribution is 5.71. The number of rotatable bonds is 2. The van der Waals surface area contributed by atoms with E-state index in [4.69, 9.17) is 0 Å². The third kappa shape index (κ3) is 2.75. The molecule has 0 fully saturated rings. The molecular formula is C18H19IN2. The highest BCUT2D eigenvalue weighted by Gasteiger charge is 2.24. The minimum absolute atomic E-state index is 0. The van der Waals surface area contributed by atoms with Crippen molar-refractivity contribution in [2.45, 2.75) is 6.92 Å².